The molecule has 0 bridgehead atoms. The number of para-hydroxylation sites is 4. The number of hydrogen-bond acceptors (Lipinski definition) is 6. The minimum absolute atomic E-state index is 0.724. The maximum atomic E-state index is 6.51. The Bertz CT molecular complexity index is 4470. The predicted molar refractivity (Wildman–Crippen MR) is 350 cm³/mol. The van der Waals surface area contributed by atoms with Crippen molar-refractivity contribution in [1.82, 2.24) is 0 Å². The van der Waals surface area contributed by atoms with Crippen LogP contribution in [0.3, 0.4) is 0 Å². The zero-order chi connectivity index (χ0) is 54.7. The molecule has 2 aliphatic heterocycles. The summed E-state index contributed by atoms with van der Waals surface area (Å²) in [5.74, 6) is 0. The summed E-state index contributed by atoms with van der Waals surface area (Å²) in [6, 6.07) is 96.1. The molecule has 4 nitrogen and oxygen atoms in total. The molecule has 8 heteroatoms. The van der Waals surface area contributed by atoms with E-state index in [0.29, 0.717) is 0 Å². The zero-order valence-corrected chi connectivity index (χ0v) is 49.4. The van der Waals surface area contributed by atoms with E-state index in [1.165, 1.54) is 63.9 Å². The van der Waals surface area contributed by atoms with Crippen molar-refractivity contribution in [3.8, 4) is 0 Å². The summed E-state index contributed by atoms with van der Waals surface area (Å²) in [6.07, 6.45) is 0. The lowest BCUT2D eigenvalue weighted by Crippen LogP contribution is -2.66. The molecular weight excluding hydrogens is 1070 g/mol. The molecular formula is C74H54N2O2S2Si2. The van der Waals surface area contributed by atoms with Gasteiger partial charge in [-0.25, -0.2) is 0 Å². The normalized spacial score (nSPS) is 15.5. The molecule has 10 aromatic carbocycles. The van der Waals surface area contributed by atoms with Gasteiger partial charge in [-0.15, -0.1) is 22.7 Å². The first kappa shape index (κ1) is 48.0. The number of benzene rings is 10. The molecule has 0 fully saturated rings. The number of anilines is 6. The van der Waals surface area contributed by atoms with Crippen LogP contribution in [0.4, 0.5) is 32.8 Å². The number of nitrogens with zero attached hydrogens (tertiary/aromatic N) is 2. The van der Waals surface area contributed by atoms with Gasteiger partial charge in [-0.05, 0) is 139 Å². The minimum atomic E-state index is -2.32. The largest absolute Gasteiger partial charge is 0.456 e. The van der Waals surface area contributed by atoms with Crippen LogP contribution in [0.1, 0.15) is 43.1 Å². The second-order valence-corrected chi connectivity index (χ2v) is 34.2. The first-order valence-electron chi connectivity index (χ1n) is 28.4. The Hall–Kier alpha value is -8.77. The maximum absolute atomic E-state index is 6.51. The number of thiophene rings is 2. The summed E-state index contributed by atoms with van der Waals surface area (Å²) in [4.78, 5) is 7.78. The van der Waals surface area contributed by atoms with E-state index in [9.17, 15) is 0 Å². The van der Waals surface area contributed by atoms with Gasteiger partial charge in [0.15, 0.2) is 0 Å². The Morgan fingerprint density at radius 2 is 0.610 bits per heavy atom. The SMILES string of the molecule is C[Si]1(C)c2ccccc2C2(c3ccccc31)c1cc(N(c3ccccc3)c3ccc4oc5ccccc5c4c3)sc1C1(c3ccccc3[Si](C)(C)c3ccccc31)c1cc(N(c3ccccc3)c3ccc4oc5ccccc5c4c3)sc12. The molecule has 1 aliphatic carbocycles. The van der Waals surface area contributed by atoms with Crippen LogP contribution in [0.5, 0.6) is 0 Å². The summed E-state index contributed by atoms with van der Waals surface area (Å²) in [5, 5.41) is 12.7. The molecule has 0 atom stereocenters. The Morgan fingerprint density at radius 1 is 0.293 bits per heavy atom. The molecule has 0 saturated heterocycles. The fraction of sp³-hybridized carbons (Fsp3) is 0.0811. The average Bonchev–Trinajstić information content (AvgIpc) is 1.90. The van der Waals surface area contributed by atoms with Gasteiger partial charge in [0.05, 0.1) is 10.8 Å². The molecule has 3 aliphatic rings. The van der Waals surface area contributed by atoms with E-state index >= 15 is 0 Å². The van der Waals surface area contributed by atoms with Gasteiger partial charge in [0.1, 0.15) is 48.5 Å². The summed E-state index contributed by atoms with van der Waals surface area (Å²) in [6.45, 7) is 10.3. The summed E-state index contributed by atoms with van der Waals surface area (Å²) in [5.41, 5.74) is 14.7. The van der Waals surface area contributed by atoms with Crippen LogP contribution < -0.4 is 30.5 Å². The highest BCUT2D eigenvalue weighted by molar-refractivity contribution is 7.18. The second-order valence-electron chi connectivity index (χ2n) is 23.5. The highest BCUT2D eigenvalue weighted by Gasteiger charge is 2.63. The molecule has 82 heavy (non-hydrogen) atoms. The quantitative estimate of drug-likeness (QED) is 0.155. The van der Waals surface area contributed by atoms with Crippen molar-refractivity contribution >= 4 is 136 Å². The second kappa shape index (κ2) is 17.4. The van der Waals surface area contributed by atoms with Gasteiger partial charge in [-0.2, -0.15) is 0 Å². The van der Waals surface area contributed by atoms with E-state index in [0.717, 1.165) is 76.6 Å². The van der Waals surface area contributed by atoms with Crippen LogP contribution >= 0.6 is 22.7 Å². The van der Waals surface area contributed by atoms with E-state index in [2.05, 4.69) is 291 Å². The standard InChI is InChI=1S/C74H54N2O2S2Si2/c1-81(2)65-35-19-13-29-55(65)73(56-30-14-20-36-66(56)81)59-45-69(75(47-23-7-5-8-24-47)49-39-41-63-53(43-49)51-27-11-17-33-61(51)77-63)80-72(59)74(57-31-15-21-37-67(57)82(3,4)68-38-22-16-32-58(68)74)60-46-70(79-71(60)73)76(48-25-9-6-10-26-48)50-40-42-64-54(44-50)52-28-12-18-34-62(52)78-64/h5-46H,1-4H3. The number of furan rings is 2. The zero-order valence-electron chi connectivity index (χ0n) is 45.8. The average molecular weight is 1120 g/mol. The third-order valence-corrected chi connectivity index (χ3v) is 28.3. The van der Waals surface area contributed by atoms with Crippen LogP contribution in [-0.4, -0.2) is 16.1 Å². The van der Waals surface area contributed by atoms with Crippen LogP contribution in [0.25, 0.3) is 43.9 Å². The van der Waals surface area contributed by atoms with E-state index in [1.807, 2.05) is 22.7 Å². The first-order valence-corrected chi connectivity index (χ1v) is 36.0. The molecule has 14 aromatic rings. The van der Waals surface area contributed by atoms with Crippen molar-refractivity contribution in [3.05, 3.63) is 298 Å². The third-order valence-electron chi connectivity index (χ3n) is 18.7. The summed E-state index contributed by atoms with van der Waals surface area (Å²) < 4.78 is 13.0. The van der Waals surface area contributed by atoms with Crippen LogP contribution in [0, 0.1) is 0 Å². The Labute approximate surface area is 486 Å². The van der Waals surface area contributed by atoms with Gasteiger partial charge >= 0.3 is 0 Å². The molecule has 0 amide bonds. The Balaban J connectivity index is 1.04. The minimum Gasteiger partial charge on any atom is -0.456 e. The van der Waals surface area contributed by atoms with Crippen molar-refractivity contribution in [3.63, 3.8) is 0 Å². The molecule has 0 saturated carbocycles. The molecule has 17 rings (SSSR count). The van der Waals surface area contributed by atoms with Gasteiger partial charge in [0, 0.05) is 54.0 Å². The van der Waals surface area contributed by atoms with Gasteiger partial charge in [0.2, 0.25) is 0 Å². The third kappa shape index (κ3) is 6.35. The number of rotatable bonds is 6. The van der Waals surface area contributed by atoms with Crippen LogP contribution in [0.2, 0.25) is 26.2 Å². The number of hydrogen-bond donors (Lipinski definition) is 0. The van der Waals surface area contributed by atoms with E-state index in [1.54, 1.807) is 0 Å². The van der Waals surface area contributed by atoms with Gasteiger partial charge in [-0.3, -0.25) is 0 Å². The summed E-state index contributed by atoms with van der Waals surface area (Å²) >= 11 is 3.96. The fourth-order valence-electron chi connectivity index (χ4n) is 15.1. The number of fused-ring (bicyclic) bond motifs is 20. The smallest absolute Gasteiger partial charge is 0.135 e. The van der Waals surface area contributed by atoms with E-state index < -0.39 is 27.0 Å². The predicted octanol–water partition coefficient (Wildman–Crippen LogP) is 17.9. The lowest BCUT2D eigenvalue weighted by molar-refractivity contribution is 0.646. The van der Waals surface area contributed by atoms with Crippen molar-refractivity contribution in [1.29, 1.82) is 0 Å². The van der Waals surface area contributed by atoms with Crippen LogP contribution in [0.15, 0.2) is 264 Å². The molecule has 4 aromatic heterocycles. The first-order chi connectivity index (χ1) is 40.2. The molecule has 6 heterocycles. The van der Waals surface area contributed by atoms with Gasteiger partial charge < -0.3 is 18.6 Å². The van der Waals surface area contributed by atoms with Crippen molar-refractivity contribution in [2.24, 2.45) is 0 Å². The van der Waals surface area contributed by atoms with E-state index in [4.69, 9.17) is 8.83 Å². The lowest BCUT2D eigenvalue weighted by Gasteiger charge is -2.54. The van der Waals surface area contributed by atoms with E-state index in [-0.39, 0.29) is 0 Å². The monoisotopic (exact) mass is 1120 g/mol. The molecule has 0 unspecified atom stereocenters. The Morgan fingerprint density at radius 3 is 0.988 bits per heavy atom. The molecule has 0 N–H and O–H groups in total. The topological polar surface area (TPSA) is 32.8 Å². The maximum Gasteiger partial charge on any atom is 0.135 e. The molecule has 0 radical (unpaired) electrons. The highest BCUT2D eigenvalue weighted by Crippen LogP contribution is 2.67. The molecule has 2 spiro atoms. The summed E-state index contributed by atoms with van der Waals surface area (Å²) in [7, 11) is -4.63. The fourth-order valence-corrected chi connectivity index (χ4v) is 24.5. The van der Waals surface area contributed by atoms with Crippen molar-refractivity contribution in [2.45, 2.75) is 37.0 Å². The van der Waals surface area contributed by atoms with Gasteiger partial charge in [0.25, 0.3) is 0 Å². The lowest BCUT2D eigenvalue weighted by atomic mass is 9.55. The van der Waals surface area contributed by atoms with Crippen LogP contribution in [-0.2, 0) is 10.8 Å². The van der Waals surface area contributed by atoms with Crippen molar-refractivity contribution < 1.29 is 8.83 Å². The molecule has 392 valence electrons. The highest BCUT2D eigenvalue weighted by atomic mass is 32.1. The van der Waals surface area contributed by atoms with Crippen molar-refractivity contribution in [2.75, 3.05) is 9.80 Å². The Kier molecular flexibility index (Phi) is 10.2. The van der Waals surface area contributed by atoms with Gasteiger partial charge in [-0.1, -0.05) is 196 Å².